The van der Waals surface area contributed by atoms with E-state index >= 15 is 0 Å². The van der Waals surface area contributed by atoms with Gasteiger partial charge >= 0.3 is 0 Å². The lowest BCUT2D eigenvalue weighted by Gasteiger charge is -2.16. The van der Waals surface area contributed by atoms with Crippen molar-refractivity contribution in [3.8, 4) is 5.75 Å². The highest BCUT2D eigenvalue weighted by Gasteiger charge is 2.07. The standard InChI is InChI=1S/2C9H11NO/c11-9-2-1-7-3-4-10-6-8(7)5-9;11-8-10-7-6-9-4-2-1-3-5-9/h1-2,5,10-11H,3-4,6H2;1-5,8H,6-7H2,(H,10,11). The molecule has 0 fully saturated rings. The van der Waals surface area contributed by atoms with Crippen LogP contribution in [0.5, 0.6) is 5.75 Å². The van der Waals surface area contributed by atoms with Crippen LogP contribution in [0, 0.1) is 0 Å². The van der Waals surface area contributed by atoms with E-state index in [1.165, 1.54) is 16.7 Å². The minimum atomic E-state index is 0.368. The molecular weight excluding hydrogens is 276 g/mol. The summed E-state index contributed by atoms with van der Waals surface area (Å²) in [7, 11) is 0. The molecule has 3 rings (SSSR count). The zero-order valence-corrected chi connectivity index (χ0v) is 12.6. The Morgan fingerprint density at radius 1 is 1.14 bits per heavy atom. The normalized spacial score (nSPS) is 12.5. The Hall–Kier alpha value is -2.33. The van der Waals surface area contributed by atoms with Gasteiger partial charge in [-0.05, 0) is 48.2 Å². The number of aromatic hydroxyl groups is 1. The van der Waals surface area contributed by atoms with Gasteiger partial charge in [-0.15, -0.1) is 0 Å². The first-order chi connectivity index (χ1) is 10.8. The first-order valence-electron chi connectivity index (χ1n) is 7.52. The van der Waals surface area contributed by atoms with Gasteiger partial charge in [-0.25, -0.2) is 0 Å². The van der Waals surface area contributed by atoms with Crippen molar-refractivity contribution in [2.45, 2.75) is 19.4 Å². The van der Waals surface area contributed by atoms with E-state index in [-0.39, 0.29) is 0 Å². The van der Waals surface area contributed by atoms with E-state index in [4.69, 9.17) is 5.11 Å². The van der Waals surface area contributed by atoms with Gasteiger partial charge in [0.15, 0.2) is 0 Å². The minimum Gasteiger partial charge on any atom is -0.508 e. The molecule has 4 nitrogen and oxygen atoms in total. The van der Waals surface area contributed by atoms with E-state index in [2.05, 4.69) is 10.6 Å². The molecule has 4 heteroatoms. The van der Waals surface area contributed by atoms with Crippen LogP contribution < -0.4 is 10.6 Å². The van der Waals surface area contributed by atoms with Gasteiger partial charge in [-0.3, -0.25) is 4.79 Å². The summed E-state index contributed by atoms with van der Waals surface area (Å²) in [6, 6.07) is 15.7. The summed E-state index contributed by atoms with van der Waals surface area (Å²) < 4.78 is 0. The van der Waals surface area contributed by atoms with E-state index in [1.807, 2.05) is 42.5 Å². The lowest BCUT2D eigenvalue weighted by molar-refractivity contribution is -0.109. The summed E-state index contributed by atoms with van der Waals surface area (Å²) in [5.41, 5.74) is 3.85. The average molecular weight is 298 g/mol. The Morgan fingerprint density at radius 2 is 1.95 bits per heavy atom. The van der Waals surface area contributed by atoms with Crippen molar-refractivity contribution in [2.24, 2.45) is 0 Å². The Labute approximate surface area is 131 Å². The fourth-order valence-electron chi connectivity index (χ4n) is 2.39. The van der Waals surface area contributed by atoms with Crippen molar-refractivity contribution in [1.82, 2.24) is 10.6 Å². The molecule has 3 N–H and O–H groups in total. The van der Waals surface area contributed by atoms with Gasteiger partial charge in [0.05, 0.1) is 0 Å². The maximum absolute atomic E-state index is 9.88. The number of fused-ring (bicyclic) bond motifs is 1. The third kappa shape index (κ3) is 5.22. The van der Waals surface area contributed by atoms with Crippen LogP contribution >= 0.6 is 0 Å². The number of carbonyl (C=O) groups excluding carboxylic acids is 1. The Balaban J connectivity index is 0.000000160. The average Bonchev–Trinajstić information content (AvgIpc) is 2.57. The zero-order chi connectivity index (χ0) is 15.6. The fraction of sp³-hybridized carbons (Fsp3) is 0.278. The SMILES string of the molecule is O=CNCCc1ccccc1.Oc1ccc2c(c1)CNCC2. The molecular formula is C18H22N2O2. The molecule has 0 spiro atoms. The molecule has 22 heavy (non-hydrogen) atoms. The third-order valence-corrected chi connectivity index (χ3v) is 3.56. The van der Waals surface area contributed by atoms with E-state index < -0.39 is 0 Å². The van der Waals surface area contributed by atoms with Gasteiger partial charge in [0.1, 0.15) is 5.75 Å². The molecule has 0 aliphatic carbocycles. The summed E-state index contributed by atoms with van der Waals surface area (Å²) in [6.07, 6.45) is 2.71. The fourth-order valence-corrected chi connectivity index (χ4v) is 2.39. The van der Waals surface area contributed by atoms with Crippen LogP contribution in [-0.4, -0.2) is 24.6 Å². The number of benzene rings is 2. The van der Waals surface area contributed by atoms with E-state index in [1.54, 1.807) is 6.07 Å². The molecule has 0 aromatic heterocycles. The molecule has 116 valence electrons. The zero-order valence-electron chi connectivity index (χ0n) is 12.6. The summed E-state index contributed by atoms with van der Waals surface area (Å²) in [5.74, 6) is 0.368. The van der Waals surface area contributed by atoms with Gasteiger partial charge in [0.25, 0.3) is 0 Å². The van der Waals surface area contributed by atoms with Crippen LogP contribution in [0.15, 0.2) is 48.5 Å². The molecule has 0 radical (unpaired) electrons. The van der Waals surface area contributed by atoms with Gasteiger partial charge in [-0.2, -0.15) is 0 Å². The van der Waals surface area contributed by atoms with E-state index in [0.29, 0.717) is 12.3 Å². The number of nitrogens with one attached hydrogen (secondary N) is 2. The van der Waals surface area contributed by atoms with Crippen molar-refractivity contribution in [1.29, 1.82) is 0 Å². The number of carbonyl (C=O) groups is 1. The topological polar surface area (TPSA) is 61.4 Å². The van der Waals surface area contributed by atoms with Gasteiger partial charge in [0, 0.05) is 13.1 Å². The molecule has 1 aliphatic heterocycles. The largest absolute Gasteiger partial charge is 0.508 e. The Bertz CT molecular complexity index is 585. The lowest BCUT2D eigenvalue weighted by Crippen LogP contribution is -2.23. The number of rotatable bonds is 4. The molecule has 1 heterocycles. The summed E-state index contributed by atoms with van der Waals surface area (Å²) in [6.45, 7) is 2.66. The second kappa shape index (κ2) is 8.85. The number of phenols is 1. The third-order valence-electron chi connectivity index (χ3n) is 3.56. The highest BCUT2D eigenvalue weighted by atomic mass is 16.3. The number of amides is 1. The van der Waals surface area contributed by atoms with Crippen LogP contribution in [-0.2, 0) is 24.2 Å². The number of hydrogen-bond donors (Lipinski definition) is 3. The first kappa shape index (κ1) is 16.0. The van der Waals surface area contributed by atoms with Crippen LogP contribution in [0.25, 0.3) is 0 Å². The Morgan fingerprint density at radius 3 is 2.73 bits per heavy atom. The van der Waals surface area contributed by atoms with Crippen LogP contribution in [0.2, 0.25) is 0 Å². The highest BCUT2D eigenvalue weighted by Crippen LogP contribution is 2.18. The molecule has 0 bridgehead atoms. The minimum absolute atomic E-state index is 0.368. The molecule has 2 aromatic rings. The van der Waals surface area contributed by atoms with Crippen molar-refractivity contribution in [3.63, 3.8) is 0 Å². The lowest BCUT2D eigenvalue weighted by atomic mass is 10.0. The summed E-state index contributed by atoms with van der Waals surface area (Å²) in [5, 5.41) is 15.0. The maximum Gasteiger partial charge on any atom is 0.207 e. The van der Waals surface area contributed by atoms with Crippen LogP contribution in [0.4, 0.5) is 0 Å². The molecule has 0 atom stereocenters. The highest BCUT2D eigenvalue weighted by molar-refractivity contribution is 5.45. The first-order valence-corrected chi connectivity index (χ1v) is 7.52. The monoisotopic (exact) mass is 298 g/mol. The second-order valence-corrected chi connectivity index (χ2v) is 5.19. The van der Waals surface area contributed by atoms with Crippen molar-refractivity contribution >= 4 is 6.41 Å². The summed E-state index contributed by atoms with van der Waals surface area (Å²) >= 11 is 0. The molecule has 0 saturated carbocycles. The Kier molecular flexibility index (Phi) is 6.45. The van der Waals surface area contributed by atoms with Gasteiger partial charge < -0.3 is 15.7 Å². The quantitative estimate of drug-likeness (QED) is 0.598. The summed E-state index contributed by atoms with van der Waals surface area (Å²) in [4.78, 5) is 9.88. The maximum atomic E-state index is 9.88. The van der Waals surface area contributed by atoms with Crippen molar-refractivity contribution in [3.05, 3.63) is 65.2 Å². The van der Waals surface area contributed by atoms with Crippen molar-refractivity contribution < 1.29 is 9.90 Å². The molecule has 0 unspecified atom stereocenters. The van der Waals surface area contributed by atoms with Crippen LogP contribution in [0.1, 0.15) is 16.7 Å². The predicted octanol–water partition coefficient (Wildman–Crippen LogP) is 2.01. The smallest absolute Gasteiger partial charge is 0.207 e. The predicted molar refractivity (Wildman–Crippen MR) is 87.7 cm³/mol. The van der Waals surface area contributed by atoms with E-state index in [9.17, 15) is 4.79 Å². The van der Waals surface area contributed by atoms with E-state index in [0.717, 1.165) is 32.3 Å². The molecule has 2 aromatic carbocycles. The molecule has 1 aliphatic rings. The second-order valence-electron chi connectivity index (χ2n) is 5.19. The van der Waals surface area contributed by atoms with Gasteiger partial charge in [0.2, 0.25) is 6.41 Å². The van der Waals surface area contributed by atoms with Crippen molar-refractivity contribution in [2.75, 3.05) is 13.1 Å². The molecule has 0 saturated heterocycles. The number of phenolic OH excluding ortho intramolecular Hbond substituents is 1. The molecule has 1 amide bonds. The van der Waals surface area contributed by atoms with Crippen LogP contribution in [0.3, 0.4) is 0 Å². The number of hydrogen-bond acceptors (Lipinski definition) is 3. The van der Waals surface area contributed by atoms with Gasteiger partial charge in [-0.1, -0.05) is 36.4 Å².